The van der Waals surface area contributed by atoms with Crippen LogP contribution in [0.2, 0.25) is 0 Å². The number of hydrogen-bond donors (Lipinski definition) is 0. The SMILES string of the molecule is Cc1noc(C)c1CCC(=O)N1CCC2(CC1)CC2(F)F. The van der Waals surface area contributed by atoms with Crippen molar-refractivity contribution >= 4 is 5.91 Å². The number of carbonyl (C=O) groups excluding carboxylic acids is 1. The summed E-state index contributed by atoms with van der Waals surface area (Å²) in [5.74, 6) is -1.72. The summed E-state index contributed by atoms with van der Waals surface area (Å²) >= 11 is 0. The minimum Gasteiger partial charge on any atom is -0.361 e. The van der Waals surface area contributed by atoms with Crippen molar-refractivity contribution in [2.24, 2.45) is 5.41 Å². The summed E-state index contributed by atoms with van der Waals surface area (Å²) in [7, 11) is 0. The third kappa shape index (κ3) is 2.45. The largest absolute Gasteiger partial charge is 0.361 e. The molecule has 4 nitrogen and oxygen atoms in total. The number of aryl methyl sites for hydroxylation is 2. The van der Waals surface area contributed by atoms with Crippen molar-refractivity contribution in [3.8, 4) is 0 Å². The Bertz CT molecular complexity index is 541. The summed E-state index contributed by atoms with van der Waals surface area (Å²) in [6.45, 7) is 4.60. The summed E-state index contributed by atoms with van der Waals surface area (Å²) < 4.78 is 31.7. The van der Waals surface area contributed by atoms with Gasteiger partial charge < -0.3 is 9.42 Å². The van der Waals surface area contributed by atoms with Crippen LogP contribution in [0.5, 0.6) is 0 Å². The fourth-order valence-electron chi connectivity index (χ4n) is 3.36. The van der Waals surface area contributed by atoms with Crippen molar-refractivity contribution in [1.29, 1.82) is 0 Å². The highest BCUT2D eigenvalue weighted by Crippen LogP contribution is 2.65. The topological polar surface area (TPSA) is 46.3 Å². The van der Waals surface area contributed by atoms with Crippen molar-refractivity contribution in [2.75, 3.05) is 13.1 Å². The Morgan fingerprint density at radius 2 is 1.95 bits per heavy atom. The number of aromatic nitrogens is 1. The molecule has 1 saturated heterocycles. The van der Waals surface area contributed by atoms with Crippen LogP contribution >= 0.6 is 0 Å². The van der Waals surface area contributed by atoms with Gasteiger partial charge in [0, 0.05) is 36.9 Å². The molecule has 0 unspecified atom stereocenters. The number of likely N-dealkylation sites (tertiary alicyclic amines) is 1. The number of hydrogen-bond acceptors (Lipinski definition) is 3. The number of amides is 1. The molecule has 1 aromatic rings. The van der Waals surface area contributed by atoms with E-state index in [1.165, 1.54) is 0 Å². The molecule has 21 heavy (non-hydrogen) atoms. The molecule has 1 amide bonds. The number of halogens is 2. The molecule has 0 radical (unpaired) electrons. The summed E-state index contributed by atoms with van der Waals surface area (Å²) in [6.07, 6.45) is 1.83. The van der Waals surface area contributed by atoms with E-state index in [-0.39, 0.29) is 12.3 Å². The van der Waals surface area contributed by atoms with Crippen molar-refractivity contribution in [3.63, 3.8) is 0 Å². The van der Waals surface area contributed by atoms with Gasteiger partial charge in [-0.3, -0.25) is 4.79 Å². The van der Waals surface area contributed by atoms with E-state index in [4.69, 9.17) is 4.52 Å². The van der Waals surface area contributed by atoms with Crippen LogP contribution in [0.4, 0.5) is 8.78 Å². The summed E-state index contributed by atoms with van der Waals surface area (Å²) in [5.41, 5.74) is 0.992. The smallest absolute Gasteiger partial charge is 0.254 e. The molecule has 1 spiro atoms. The van der Waals surface area contributed by atoms with Gasteiger partial charge in [0.05, 0.1) is 5.69 Å². The van der Waals surface area contributed by atoms with E-state index in [2.05, 4.69) is 5.16 Å². The van der Waals surface area contributed by atoms with E-state index in [1.54, 1.807) is 4.90 Å². The molecule has 0 N–H and O–H groups in total. The average Bonchev–Trinajstić information content (AvgIpc) is 2.79. The first-order chi connectivity index (χ1) is 9.85. The Morgan fingerprint density at radius 1 is 1.33 bits per heavy atom. The summed E-state index contributed by atoms with van der Waals surface area (Å²) in [5, 5.41) is 3.87. The molecule has 1 aromatic heterocycles. The second kappa shape index (κ2) is 4.78. The zero-order valence-corrected chi connectivity index (χ0v) is 12.4. The Morgan fingerprint density at radius 3 is 2.43 bits per heavy atom. The Hall–Kier alpha value is -1.46. The number of nitrogens with zero attached hydrogens (tertiary/aromatic N) is 2. The fraction of sp³-hybridized carbons (Fsp3) is 0.733. The minimum absolute atomic E-state index is 0.00110. The predicted molar refractivity (Wildman–Crippen MR) is 72.1 cm³/mol. The quantitative estimate of drug-likeness (QED) is 0.862. The standard InChI is InChI=1S/C15H20F2N2O2/c1-10-12(11(2)21-18-10)3-4-13(20)19-7-5-14(6-8-19)9-15(14,16)17/h3-9H2,1-2H3. The maximum atomic E-state index is 13.3. The molecule has 1 saturated carbocycles. The molecule has 0 aromatic carbocycles. The van der Waals surface area contributed by atoms with Crippen LogP contribution in [0.25, 0.3) is 0 Å². The maximum Gasteiger partial charge on any atom is 0.254 e. The van der Waals surface area contributed by atoms with Crippen LogP contribution < -0.4 is 0 Å². The third-order valence-electron chi connectivity index (χ3n) is 5.05. The predicted octanol–water partition coefficient (Wildman–Crippen LogP) is 2.87. The highest BCUT2D eigenvalue weighted by Gasteiger charge is 2.70. The van der Waals surface area contributed by atoms with Gasteiger partial charge in [0.15, 0.2) is 0 Å². The minimum atomic E-state index is -2.50. The third-order valence-corrected chi connectivity index (χ3v) is 5.05. The zero-order chi connectivity index (χ0) is 15.3. The van der Waals surface area contributed by atoms with Gasteiger partial charge in [0.2, 0.25) is 5.91 Å². The molecule has 2 fully saturated rings. The lowest BCUT2D eigenvalue weighted by molar-refractivity contribution is -0.133. The monoisotopic (exact) mass is 298 g/mol. The Balaban J connectivity index is 1.51. The van der Waals surface area contributed by atoms with Crippen LogP contribution in [-0.4, -0.2) is 35.0 Å². The van der Waals surface area contributed by atoms with Crippen LogP contribution in [0, 0.1) is 19.3 Å². The molecule has 6 heteroatoms. The molecule has 3 rings (SSSR count). The maximum absolute atomic E-state index is 13.3. The molecule has 1 aliphatic carbocycles. The van der Waals surface area contributed by atoms with E-state index in [1.807, 2.05) is 13.8 Å². The van der Waals surface area contributed by atoms with Gasteiger partial charge in [0.1, 0.15) is 5.76 Å². The molecule has 0 bridgehead atoms. The number of alkyl halides is 2. The normalized spacial score (nSPS) is 22.6. The van der Waals surface area contributed by atoms with Gasteiger partial charge in [-0.2, -0.15) is 0 Å². The van der Waals surface area contributed by atoms with Gasteiger partial charge in [-0.25, -0.2) is 8.78 Å². The summed E-state index contributed by atoms with van der Waals surface area (Å²) in [4.78, 5) is 13.9. The van der Waals surface area contributed by atoms with Crippen molar-refractivity contribution in [3.05, 3.63) is 17.0 Å². The van der Waals surface area contributed by atoms with Gasteiger partial charge in [0.25, 0.3) is 5.92 Å². The molecule has 116 valence electrons. The van der Waals surface area contributed by atoms with Crippen LogP contribution in [0.3, 0.4) is 0 Å². The van der Waals surface area contributed by atoms with E-state index < -0.39 is 11.3 Å². The van der Waals surface area contributed by atoms with Crippen molar-refractivity contribution in [1.82, 2.24) is 10.1 Å². The van der Waals surface area contributed by atoms with Crippen LogP contribution in [-0.2, 0) is 11.2 Å². The molecule has 0 atom stereocenters. The second-order valence-corrected chi connectivity index (χ2v) is 6.35. The summed E-state index contributed by atoms with van der Waals surface area (Å²) in [6, 6.07) is 0. The highest BCUT2D eigenvalue weighted by atomic mass is 19.3. The van der Waals surface area contributed by atoms with Gasteiger partial charge in [-0.05, 0) is 33.1 Å². The number of carbonyl (C=O) groups is 1. The highest BCUT2D eigenvalue weighted by molar-refractivity contribution is 5.76. The molecule has 1 aliphatic heterocycles. The number of piperidine rings is 1. The lowest BCUT2D eigenvalue weighted by Crippen LogP contribution is -2.40. The van der Waals surface area contributed by atoms with Crippen LogP contribution in [0.1, 0.15) is 42.7 Å². The van der Waals surface area contributed by atoms with E-state index in [9.17, 15) is 13.6 Å². The zero-order valence-electron chi connectivity index (χ0n) is 12.4. The lowest BCUT2D eigenvalue weighted by Gasteiger charge is -2.32. The van der Waals surface area contributed by atoms with E-state index >= 15 is 0 Å². The van der Waals surface area contributed by atoms with Crippen molar-refractivity contribution in [2.45, 2.75) is 51.9 Å². The molecule has 2 aliphatic rings. The van der Waals surface area contributed by atoms with E-state index in [0.29, 0.717) is 38.8 Å². The van der Waals surface area contributed by atoms with Crippen molar-refractivity contribution < 1.29 is 18.1 Å². The lowest BCUT2D eigenvalue weighted by atomic mass is 9.92. The van der Waals surface area contributed by atoms with Gasteiger partial charge in [-0.1, -0.05) is 5.16 Å². The average molecular weight is 298 g/mol. The first kappa shape index (κ1) is 14.5. The Labute approximate surface area is 122 Å². The van der Waals surface area contributed by atoms with E-state index in [0.717, 1.165) is 17.0 Å². The first-order valence-electron chi connectivity index (χ1n) is 7.42. The van der Waals surface area contributed by atoms with Gasteiger partial charge in [-0.15, -0.1) is 0 Å². The van der Waals surface area contributed by atoms with Crippen LogP contribution in [0.15, 0.2) is 4.52 Å². The molecular weight excluding hydrogens is 278 g/mol. The van der Waals surface area contributed by atoms with Gasteiger partial charge >= 0.3 is 0 Å². The molecular formula is C15H20F2N2O2. The molecule has 2 heterocycles. The Kier molecular flexibility index (Phi) is 3.30. The fourth-order valence-corrected chi connectivity index (χ4v) is 3.36. The number of rotatable bonds is 3. The second-order valence-electron chi connectivity index (χ2n) is 6.35. The first-order valence-corrected chi connectivity index (χ1v) is 7.42.